The molecule has 1 N–H and O–H groups in total. The molecule has 2 aromatic heterocycles. The first-order valence-corrected chi connectivity index (χ1v) is 12.4. The third-order valence-electron chi connectivity index (χ3n) is 6.02. The Morgan fingerprint density at radius 1 is 1.24 bits per heavy atom. The zero-order valence-electron chi connectivity index (χ0n) is 19.3. The number of nitrogens with one attached hydrogen (secondary N) is 1. The molecule has 3 aromatic rings. The third-order valence-corrected chi connectivity index (χ3v) is 7.92. The summed E-state index contributed by atoms with van der Waals surface area (Å²) < 4.78 is 34.2. The molecule has 0 atom stereocenters. The number of hydrogen-bond acceptors (Lipinski definition) is 7. The predicted molar refractivity (Wildman–Crippen MR) is 125 cm³/mol. The first-order valence-electron chi connectivity index (χ1n) is 10.9. The van der Waals surface area contributed by atoms with Crippen LogP contribution in [-0.2, 0) is 26.0 Å². The van der Waals surface area contributed by atoms with Crippen LogP contribution in [0.25, 0.3) is 5.65 Å². The van der Waals surface area contributed by atoms with E-state index in [9.17, 15) is 18.5 Å². The number of carbonyl (C=O) groups excluding carboxylic acids is 1. The molecule has 1 fully saturated rings. The molecule has 3 heterocycles. The van der Waals surface area contributed by atoms with E-state index in [1.807, 2.05) is 20.8 Å². The van der Waals surface area contributed by atoms with Crippen LogP contribution in [0.3, 0.4) is 0 Å². The number of carbonyl (C=O) groups is 1. The summed E-state index contributed by atoms with van der Waals surface area (Å²) in [6.45, 7) is 6.89. The van der Waals surface area contributed by atoms with E-state index < -0.39 is 10.0 Å². The molecular formula is C23H26N6O4S. The van der Waals surface area contributed by atoms with E-state index in [0.29, 0.717) is 49.6 Å². The lowest BCUT2D eigenvalue weighted by atomic mass is 10.1. The molecule has 0 bridgehead atoms. The van der Waals surface area contributed by atoms with Crippen LogP contribution < -0.4 is 5.32 Å². The van der Waals surface area contributed by atoms with Crippen LogP contribution in [0.15, 0.2) is 29.3 Å². The standard InChI is InChI=1S/C23H26N6O4S/c1-15-4-5-19(34(31,32)28-8-10-33-11-9-28)12-21(15)27-22(30)7-6-20-16(2)26-23-18(13-24)14-25-29(23)17(20)3/h4-5,12,14H,6-11H2,1-3H3,(H,27,30). The Bertz CT molecular complexity index is 1400. The van der Waals surface area contributed by atoms with E-state index in [4.69, 9.17) is 4.74 Å². The van der Waals surface area contributed by atoms with Crippen molar-refractivity contribution < 1.29 is 17.9 Å². The van der Waals surface area contributed by atoms with Gasteiger partial charge in [-0.1, -0.05) is 6.07 Å². The molecule has 0 spiro atoms. The van der Waals surface area contributed by atoms with Gasteiger partial charge in [0.15, 0.2) is 5.65 Å². The fourth-order valence-electron chi connectivity index (χ4n) is 4.04. The molecule has 10 nitrogen and oxygen atoms in total. The van der Waals surface area contributed by atoms with Crippen molar-refractivity contribution in [2.75, 3.05) is 31.6 Å². The van der Waals surface area contributed by atoms with Gasteiger partial charge in [0.05, 0.1) is 24.3 Å². The summed E-state index contributed by atoms with van der Waals surface area (Å²) in [5, 5.41) is 16.3. The van der Waals surface area contributed by atoms with Crippen molar-refractivity contribution in [1.82, 2.24) is 18.9 Å². The highest BCUT2D eigenvalue weighted by Gasteiger charge is 2.27. The molecule has 11 heteroatoms. The summed E-state index contributed by atoms with van der Waals surface area (Å²) in [5.41, 5.74) is 4.58. The second kappa shape index (κ2) is 9.50. The third kappa shape index (κ3) is 4.52. The Morgan fingerprint density at radius 3 is 2.68 bits per heavy atom. The normalized spacial score (nSPS) is 14.8. The number of amides is 1. The Balaban J connectivity index is 1.50. The number of benzene rings is 1. The van der Waals surface area contributed by atoms with Gasteiger partial charge in [0.2, 0.25) is 15.9 Å². The maximum atomic E-state index is 13.0. The molecule has 0 saturated carbocycles. The van der Waals surface area contributed by atoms with Gasteiger partial charge in [-0.2, -0.15) is 14.7 Å². The average Bonchev–Trinajstić information content (AvgIpc) is 3.23. The minimum Gasteiger partial charge on any atom is -0.379 e. The lowest BCUT2D eigenvalue weighted by Crippen LogP contribution is -2.40. The van der Waals surface area contributed by atoms with Gasteiger partial charge in [-0.05, 0) is 50.5 Å². The minimum absolute atomic E-state index is 0.142. The Morgan fingerprint density at radius 2 is 1.97 bits per heavy atom. The molecule has 0 aliphatic carbocycles. The van der Waals surface area contributed by atoms with Gasteiger partial charge in [0.25, 0.3) is 0 Å². The summed E-state index contributed by atoms with van der Waals surface area (Å²) in [7, 11) is -3.66. The number of aryl methyl sites for hydroxylation is 3. The molecule has 0 unspecified atom stereocenters. The summed E-state index contributed by atoms with van der Waals surface area (Å²) in [6.07, 6.45) is 2.09. The zero-order chi connectivity index (χ0) is 24.5. The highest BCUT2D eigenvalue weighted by molar-refractivity contribution is 7.89. The Kier molecular flexibility index (Phi) is 6.65. The lowest BCUT2D eigenvalue weighted by molar-refractivity contribution is -0.116. The van der Waals surface area contributed by atoms with Crippen LogP contribution in [-0.4, -0.2) is 59.5 Å². The number of nitrogens with zero attached hydrogens (tertiary/aromatic N) is 5. The lowest BCUT2D eigenvalue weighted by Gasteiger charge is -2.26. The smallest absolute Gasteiger partial charge is 0.243 e. The van der Waals surface area contributed by atoms with Crippen molar-refractivity contribution in [3.63, 3.8) is 0 Å². The number of fused-ring (bicyclic) bond motifs is 1. The fourth-order valence-corrected chi connectivity index (χ4v) is 5.47. The zero-order valence-corrected chi connectivity index (χ0v) is 20.1. The monoisotopic (exact) mass is 482 g/mol. The van der Waals surface area contributed by atoms with Gasteiger partial charge in [0, 0.05) is 36.6 Å². The maximum Gasteiger partial charge on any atom is 0.243 e. The molecule has 1 aliphatic heterocycles. The molecule has 1 amide bonds. The molecule has 4 rings (SSSR count). The molecular weight excluding hydrogens is 456 g/mol. The van der Waals surface area contributed by atoms with Crippen LogP contribution in [0.5, 0.6) is 0 Å². The van der Waals surface area contributed by atoms with Gasteiger partial charge >= 0.3 is 0 Å². The first-order chi connectivity index (χ1) is 16.2. The van der Waals surface area contributed by atoms with Crippen LogP contribution in [0, 0.1) is 32.1 Å². The number of ether oxygens (including phenoxy) is 1. The van der Waals surface area contributed by atoms with E-state index in [-0.39, 0.29) is 17.2 Å². The summed E-state index contributed by atoms with van der Waals surface area (Å²) in [4.78, 5) is 17.4. The highest BCUT2D eigenvalue weighted by atomic mass is 32.2. The average molecular weight is 483 g/mol. The van der Waals surface area contributed by atoms with Crippen molar-refractivity contribution in [3.8, 4) is 6.07 Å². The van der Waals surface area contributed by atoms with Crippen molar-refractivity contribution in [3.05, 3.63) is 52.5 Å². The van der Waals surface area contributed by atoms with Crippen molar-refractivity contribution in [1.29, 1.82) is 5.26 Å². The molecule has 0 radical (unpaired) electrons. The predicted octanol–water partition coefficient (Wildman–Crippen LogP) is 2.12. The van der Waals surface area contributed by atoms with Crippen LogP contribution in [0.4, 0.5) is 5.69 Å². The molecule has 178 valence electrons. The Hall–Kier alpha value is -3.33. The number of nitriles is 1. The van der Waals surface area contributed by atoms with Gasteiger partial charge in [-0.25, -0.2) is 17.9 Å². The summed E-state index contributed by atoms with van der Waals surface area (Å²) in [5.74, 6) is -0.235. The Labute approximate surface area is 198 Å². The number of morpholine rings is 1. The fraction of sp³-hybridized carbons (Fsp3) is 0.391. The van der Waals surface area contributed by atoms with Crippen molar-refractivity contribution >= 4 is 27.3 Å². The second-order valence-corrected chi connectivity index (χ2v) is 10.1. The largest absolute Gasteiger partial charge is 0.379 e. The van der Waals surface area contributed by atoms with Crippen molar-refractivity contribution in [2.24, 2.45) is 0 Å². The van der Waals surface area contributed by atoms with Gasteiger partial charge < -0.3 is 10.1 Å². The van der Waals surface area contributed by atoms with E-state index in [2.05, 4.69) is 21.5 Å². The van der Waals surface area contributed by atoms with Crippen LogP contribution >= 0.6 is 0 Å². The van der Waals surface area contributed by atoms with Gasteiger partial charge in [-0.15, -0.1) is 0 Å². The topological polar surface area (TPSA) is 130 Å². The SMILES string of the molecule is Cc1ccc(S(=O)(=O)N2CCOCC2)cc1NC(=O)CCc1c(C)nc2c(C#N)cnn2c1C. The van der Waals surface area contributed by atoms with E-state index in [0.717, 1.165) is 22.5 Å². The molecule has 1 aromatic carbocycles. The number of anilines is 1. The summed E-state index contributed by atoms with van der Waals surface area (Å²) in [6, 6.07) is 6.84. The molecule has 1 aliphatic rings. The van der Waals surface area contributed by atoms with Crippen molar-refractivity contribution in [2.45, 2.75) is 38.5 Å². The summed E-state index contributed by atoms with van der Waals surface area (Å²) >= 11 is 0. The second-order valence-electron chi connectivity index (χ2n) is 8.21. The number of hydrogen-bond donors (Lipinski definition) is 1. The number of aromatic nitrogens is 3. The van der Waals surface area contributed by atoms with E-state index in [1.54, 1.807) is 16.6 Å². The van der Waals surface area contributed by atoms with Gasteiger partial charge in [0.1, 0.15) is 11.6 Å². The number of sulfonamides is 1. The maximum absolute atomic E-state index is 13.0. The first kappa shape index (κ1) is 23.8. The molecule has 1 saturated heterocycles. The quantitative estimate of drug-likeness (QED) is 0.569. The molecule has 34 heavy (non-hydrogen) atoms. The van der Waals surface area contributed by atoms with Crippen LogP contribution in [0.2, 0.25) is 0 Å². The van der Waals surface area contributed by atoms with E-state index >= 15 is 0 Å². The highest BCUT2D eigenvalue weighted by Crippen LogP contribution is 2.24. The van der Waals surface area contributed by atoms with E-state index in [1.165, 1.54) is 16.6 Å². The number of rotatable bonds is 6. The van der Waals surface area contributed by atoms with Crippen LogP contribution in [0.1, 0.15) is 34.5 Å². The van der Waals surface area contributed by atoms with Gasteiger partial charge in [-0.3, -0.25) is 4.79 Å². The minimum atomic E-state index is -3.66.